The molecule has 6 heteroatoms. The van der Waals surface area contributed by atoms with Gasteiger partial charge in [-0.25, -0.2) is 9.97 Å². The summed E-state index contributed by atoms with van der Waals surface area (Å²) in [4.78, 5) is 15.6. The van der Waals surface area contributed by atoms with Crippen LogP contribution in [-0.4, -0.2) is 37.0 Å². The lowest BCUT2D eigenvalue weighted by Gasteiger charge is -2.22. The first-order valence-corrected chi connectivity index (χ1v) is 6.15. The van der Waals surface area contributed by atoms with Crippen LogP contribution in [0.3, 0.4) is 0 Å². The molecular formula is C12H16N6. The molecule has 0 radical (unpaired) electrons. The number of aryl methyl sites for hydroxylation is 1. The first kappa shape index (κ1) is 11.0. The zero-order chi connectivity index (χ0) is 12.7. The van der Waals surface area contributed by atoms with Gasteiger partial charge in [0.15, 0.2) is 5.65 Å². The van der Waals surface area contributed by atoms with Crippen molar-refractivity contribution in [2.75, 3.05) is 18.0 Å². The molecule has 3 rings (SSSR count). The summed E-state index contributed by atoms with van der Waals surface area (Å²) in [6.07, 6.45) is 5.50. The predicted octanol–water partition coefficient (Wildman–Crippen LogP) is 1.46. The molecule has 0 spiro atoms. The normalized spacial score (nSPS) is 11.5. The summed E-state index contributed by atoms with van der Waals surface area (Å²) in [6.45, 7) is 6.14. The molecule has 18 heavy (non-hydrogen) atoms. The Balaban J connectivity index is 2.43. The Morgan fingerprint density at radius 2 is 2.00 bits per heavy atom. The number of hydrogen-bond acceptors (Lipinski definition) is 4. The molecular weight excluding hydrogens is 228 g/mol. The molecule has 0 saturated carbocycles. The van der Waals surface area contributed by atoms with Crippen molar-refractivity contribution in [1.29, 1.82) is 0 Å². The van der Waals surface area contributed by atoms with Gasteiger partial charge in [0, 0.05) is 32.5 Å². The minimum atomic E-state index is 0.716. The highest BCUT2D eigenvalue weighted by molar-refractivity contribution is 5.86. The van der Waals surface area contributed by atoms with Gasteiger partial charge in [0.25, 0.3) is 0 Å². The lowest BCUT2D eigenvalue weighted by Crippen LogP contribution is -2.24. The average Bonchev–Trinajstić information content (AvgIpc) is 2.98. The maximum atomic E-state index is 4.53. The molecule has 0 amide bonds. The van der Waals surface area contributed by atoms with Crippen LogP contribution in [0.4, 0.5) is 5.82 Å². The van der Waals surface area contributed by atoms with Crippen LogP contribution in [-0.2, 0) is 7.05 Å². The van der Waals surface area contributed by atoms with Crippen LogP contribution in [0.5, 0.6) is 0 Å². The van der Waals surface area contributed by atoms with Gasteiger partial charge in [-0.2, -0.15) is 4.98 Å². The van der Waals surface area contributed by atoms with E-state index in [-0.39, 0.29) is 0 Å². The van der Waals surface area contributed by atoms with Crippen molar-refractivity contribution in [2.45, 2.75) is 13.8 Å². The standard InChI is InChI=1S/C12H16N6/c1-4-17(5-2)11-9-10(16(3)8-14-9)15-12-13-6-7-18(11)12/h6-8H,4-5H2,1-3H3. The van der Waals surface area contributed by atoms with Gasteiger partial charge in [-0.1, -0.05) is 0 Å². The van der Waals surface area contributed by atoms with Crippen molar-refractivity contribution in [3.63, 3.8) is 0 Å². The van der Waals surface area contributed by atoms with Gasteiger partial charge < -0.3 is 9.47 Å². The molecule has 0 atom stereocenters. The Bertz CT molecular complexity index is 691. The van der Waals surface area contributed by atoms with Crippen molar-refractivity contribution in [3.05, 3.63) is 18.7 Å². The minimum absolute atomic E-state index is 0.716. The molecule has 0 aliphatic carbocycles. The van der Waals surface area contributed by atoms with Gasteiger partial charge in [-0.3, -0.25) is 4.40 Å². The molecule has 3 heterocycles. The summed E-state index contributed by atoms with van der Waals surface area (Å²) >= 11 is 0. The van der Waals surface area contributed by atoms with Crippen LogP contribution in [0.25, 0.3) is 16.9 Å². The lowest BCUT2D eigenvalue weighted by atomic mass is 10.4. The molecule has 0 unspecified atom stereocenters. The fourth-order valence-corrected chi connectivity index (χ4v) is 2.29. The second-order valence-corrected chi connectivity index (χ2v) is 4.23. The molecule has 0 N–H and O–H groups in total. The second-order valence-electron chi connectivity index (χ2n) is 4.23. The summed E-state index contributed by atoms with van der Waals surface area (Å²) < 4.78 is 3.93. The van der Waals surface area contributed by atoms with Crippen molar-refractivity contribution < 1.29 is 0 Å². The number of imidazole rings is 2. The topological polar surface area (TPSA) is 51.2 Å². The Kier molecular flexibility index (Phi) is 2.43. The Morgan fingerprint density at radius 1 is 1.22 bits per heavy atom. The fraction of sp³-hybridized carbons (Fsp3) is 0.417. The van der Waals surface area contributed by atoms with E-state index in [4.69, 9.17) is 0 Å². The molecule has 6 nitrogen and oxygen atoms in total. The van der Waals surface area contributed by atoms with Crippen molar-refractivity contribution in [1.82, 2.24) is 23.9 Å². The van der Waals surface area contributed by atoms with E-state index in [0.29, 0.717) is 5.78 Å². The number of fused-ring (bicyclic) bond motifs is 2. The summed E-state index contributed by atoms with van der Waals surface area (Å²) in [5, 5.41) is 0. The molecule has 0 bridgehead atoms. The number of nitrogens with zero attached hydrogens (tertiary/aromatic N) is 6. The number of aromatic nitrogens is 5. The van der Waals surface area contributed by atoms with E-state index in [1.807, 2.05) is 22.2 Å². The number of hydrogen-bond donors (Lipinski definition) is 0. The number of rotatable bonds is 3. The highest BCUT2D eigenvalue weighted by Crippen LogP contribution is 2.24. The van der Waals surface area contributed by atoms with Gasteiger partial charge in [0.05, 0.1) is 6.33 Å². The maximum Gasteiger partial charge on any atom is 0.237 e. The van der Waals surface area contributed by atoms with Gasteiger partial charge in [0.2, 0.25) is 5.78 Å². The van der Waals surface area contributed by atoms with E-state index in [1.54, 1.807) is 12.5 Å². The van der Waals surface area contributed by atoms with Crippen molar-refractivity contribution >= 4 is 22.8 Å². The smallest absolute Gasteiger partial charge is 0.237 e. The van der Waals surface area contributed by atoms with Gasteiger partial charge in [-0.15, -0.1) is 0 Å². The zero-order valence-electron chi connectivity index (χ0n) is 10.8. The molecule has 0 fully saturated rings. The van der Waals surface area contributed by atoms with Crippen LogP contribution in [0, 0.1) is 0 Å². The molecule has 0 aliphatic rings. The quantitative estimate of drug-likeness (QED) is 0.700. The zero-order valence-corrected chi connectivity index (χ0v) is 10.8. The SMILES string of the molecule is CCN(CC)c1c2ncn(C)c2nc2nccn12. The van der Waals surface area contributed by atoms with E-state index in [0.717, 1.165) is 30.1 Å². The van der Waals surface area contributed by atoms with Crippen LogP contribution in [0.15, 0.2) is 18.7 Å². The first-order valence-electron chi connectivity index (χ1n) is 6.15. The molecule has 3 aromatic heterocycles. The van der Waals surface area contributed by atoms with E-state index in [2.05, 4.69) is 33.7 Å². The lowest BCUT2D eigenvalue weighted by molar-refractivity contribution is 0.835. The van der Waals surface area contributed by atoms with Crippen LogP contribution in [0.2, 0.25) is 0 Å². The summed E-state index contributed by atoms with van der Waals surface area (Å²) in [5.41, 5.74) is 1.79. The Hall–Kier alpha value is -2.11. The minimum Gasteiger partial charge on any atom is -0.356 e. The molecule has 3 aromatic rings. The molecule has 0 saturated heterocycles. The largest absolute Gasteiger partial charge is 0.356 e. The number of anilines is 1. The van der Waals surface area contributed by atoms with Crippen LogP contribution < -0.4 is 4.90 Å². The monoisotopic (exact) mass is 244 g/mol. The van der Waals surface area contributed by atoms with Crippen molar-refractivity contribution in [3.8, 4) is 0 Å². The second kappa shape index (κ2) is 3.97. The van der Waals surface area contributed by atoms with Crippen molar-refractivity contribution in [2.24, 2.45) is 7.05 Å². The predicted molar refractivity (Wildman–Crippen MR) is 70.8 cm³/mol. The Labute approximate surface area is 105 Å². The first-order chi connectivity index (χ1) is 8.76. The maximum absolute atomic E-state index is 4.53. The fourth-order valence-electron chi connectivity index (χ4n) is 2.29. The summed E-state index contributed by atoms with van der Waals surface area (Å²) in [7, 11) is 1.95. The average molecular weight is 244 g/mol. The third-order valence-corrected chi connectivity index (χ3v) is 3.24. The third-order valence-electron chi connectivity index (χ3n) is 3.24. The van der Waals surface area contributed by atoms with Gasteiger partial charge in [0.1, 0.15) is 11.3 Å². The van der Waals surface area contributed by atoms with E-state index >= 15 is 0 Å². The summed E-state index contributed by atoms with van der Waals surface area (Å²) in [5.74, 6) is 1.78. The van der Waals surface area contributed by atoms with Gasteiger partial charge >= 0.3 is 0 Å². The van der Waals surface area contributed by atoms with Gasteiger partial charge in [-0.05, 0) is 13.8 Å². The molecule has 0 aliphatic heterocycles. The highest BCUT2D eigenvalue weighted by Gasteiger charge is 2.16. The van der Waals surface area contributed by atoms with Crippen LogP contribution in [0.1, 0.15) is 13.8 Å². The highest BCUT2D eigenvalue weighted by atomic mass is 15.3. The van der Waals surface area contributed by atoms with Crippen LogP contribution >= 0.6 is 0 Å². The molecule has 94 valence electrons. The van der Waals surface area contributed by atoms with E-state index < -0.39 is 0 Å². The summed E-state index contributed by atoms with van der Waals surface area (Å²) in [6, 6.07) is 0. The Morgan fingerprint density at radius 3 is 2.72 bits per heavy atom. The molecule has 0 aromatic carbocycles. The van der Waals surface area contributed by atoms with E-state index in [9.17, 15) is 0 Å². The van der Waals surface area contributed by atoms with E-state index in [1.165, 1.54) is 0 Å². The third kappa shape index (κ3) is 1.38.